The van der Waals surface area contributed by atoms with Crippen LogP contribution in [0.3, 0.4) is 0 Å². The van der Waals surface area contributed by atoms with Crippen LogP contribution >= 0.6 is 0 Å². The molecule has 2 aromatic rings. The lowest BCUT2D eigenvalue weighted by Crippen LogP contribution is -2.39. The molecule has 0 spiro atoms. The summed E-state index contributed by atoms with van der Waals surface area (Å²) >= 11 is 0. The van der Waals surface area contributed by atoms with Gasteiger partial charge in [-0.3, -0.25) is 4.79 Å². The van der Waals surface area contributed by atoms with Crippen LogP contribution in [0.5, 0.6) is 0 Å². The van der Waals surface area contributed by atoms with Gasteiger partial charge in [0, 0.05) is 37.3 Å². The van der Waals surface area contributed by atoms with Crippen molar-refractivity contribution in [3.05, 3.63) is 65.2 Å². The molecule has 0 aliphatic heterocycles. The number of anilines is 1. The number of benzene rings is 2. The third kappa shape index (κ3) is 6.30. The molecule has 2 aromatic carbocycles. The summed E-state index contributed by atoms with van der Waals surface area (Å²) in [6.07, 6.45) is -0.697. The van der Waals surface area contributed by atoms with Crippen molar-refractivity contribution in [3.63, 3.8) is 0 Å². The fraction of sp³-hybridized carbons (Fsp3) is 0.364. The van der Waals surface area contributed by atoms with Gasteiger partial charge in [0.1, 0.15) is 0 Å². The van der Waals surface area contributed by atoms with Gasteiger partial charge in [0.05, 0.1) is 6.10 Å². The van der Waals surface area contributed by atoms with E-state index in [0.29, 0.717) is 29.9 Å². The summed E-state index contributed by atoms with van der Waals surface area (Å²) in [6.45, 7) is 2.70. The van der Waals surface area contributed by atoms with Gasteiger partial charge in [0.15, 0.2) is 0 Å². The lowest BCUT2D eigenvalue weighted by Gasteiger charge is -2.26. The van der Waals surface area contributed by atoms with Crippen LogP contribution in [0.2, 0.25) is 0 Å². The molecule has 7 heteroatoms. The number of nitrogens with one attached hydrogen (secondary N) is 3. The summed E-state index contributed by atoms with van der Waals surface area (Å²) in [4.78, 5) is 26.4. The number of nitrogens with zero attached hydrogens (tertiary/aromatic N) is 1. The van der Waals surface area contributed by atoms with Crippen molar-refractivity contribution in [2.24, 2.45) is 5.92 Å². The highest BCUT2D eigenvalue weighted by atomic mass is 16.3. The number of carbonyl (C=O) groups excluding carboxylic acids is 2. The molecule has 0 radical (unpaired) electrons. The monoisotopic (exact) mass is 398 g/mol. The smallest absolute Gasteiger partial charge is 0.319 e. The average Bonchev–Trinajstić information content (AvgIpc) is 2.72. The highest BCUT2D eigenvalue weighted by molar-refractivity contribution is 5.98. The number of aliphatic hydroxyl groups is 1. The van der Waals surface area contributed by atoms with Crippen LogP contribution in [-0.4, -0.2) is 56.2 Å². The van der Waals surface area contributed by atoms with Crippen LogP contribution in [0.25, 0.3) is 0 Å². The van der Waals surface area contributed by atoms with Gasteiger partial charge < -0.3 is 26.0 Å². The molecule has 0 bridgehead atoms. The second-order valence-corrected chi connectivity index (χ2v) is 7.27. The Bertz CT molecular complexity index is 824. The molecule has 3 amide bonds. The second kappa shape index (κ2) is 10.6. The topological polar surface area (TPSA) is 93.7 Å². The zero-order chi connectivity index (χ0) is 21.4. The van der Waals surface area contributed by atoms with E-state index in [2.05, 4.69) is 16.0 Å². The van der Waals surface area contributed by atoms with Crippen molar-refractivity contribution in [1.29, 1.82) is 0 Å². The van der Waals surface area contributed by atoms with Gasteiger partial charge in [0.25, 0.3) is 5.91 Å². The quantitative estimate of drug-likeness (QED) is 0.549. The fourth-order valence-corrected chi connectivity index (χ4v) is 3.21. The summed E-state index contributed by atoms with van der Waals surface area (Å²) in [5.74, 6) is -0.389. The van der Waals surface area contributed by atoms with Crippen molar-refractivity contribution in [1.82, 2.24) is 15.5 Å². The van der Waals surface area contributed by atoms with Gasteiger partial charge in [-0.2, -0.15) is 0 Å². The number of hydrogen-bond donors (Lipinski definition) is 4. The van der Waals surface area contributed by atoms with Crippen molar-refractivity contribution in [2.45, 2.75) is 13.0 Å². The molecular formula is C22H30N4O3. The third-order valence-electron chi connectivity index (χ3n) is 4.77. The van der Waals surface area contributed by atoms with E-state index in [4.69, 9.17) is 0 Å². The van der Waals surface area contributed by atoms with Gasteiger partial charge in [-0.05, 0) is 44.3 Å². The standard InChI is InChI=1S/C22H30N4O3/c1-15-18(21(28)23-2)11-8-12-19(15)25-22(29)24-13-17(14-26(3)4)20(27)16-9-6-5-7-10-16/h5-12,17,20,27H,13-14H2,1-4H3,(H,23,28)(H2,24,25,29)/t17-,20+/m1/s1. The van der Waals surface area contributed by atoms with E-state index in [1.807, 2.05) is 49.3 Å². The Balaban J connectivity index is 2.04. The maximum absolute atomic E-state index is 12.4. The molecule has 4 N–H and O–H groups in total. The van der Waals surface area contributed by atoms with Gasteiger partial charge >= 0.3 is 6.03 Å². The first-order valence-corrected chi connectivity index (χ1v) is 9.57. The highest BCUT2D eigenvalue weighted by Crippen LogP contribution is 2.22. The Morgan fingerprint density at radius 2 is 1.76 bits per heavy atom. The molecule has 0 aliphatic rings. The van der Waals surface area contributed by atoms with E-state index in [9.17, 15) is 14.7 Å². The molecule has 0 aromatic heterocycles. The molecule has 0 unspecified atom stereocenters. The summed E-state index contributed by atoms with van der Waals surface area (Å²) in [5, 5.41) is 19.0. The molecule has 29 heavy (non-hydrogen) atoms. The number of amides is 3. The number of carbonyl (C=O) groups is 2. The predicted octanol–water partition coefficient (Wildman–Crippen LogP) is 2.39. The first kappa shape index (κ1) is 22.4. The van der Waals surface area contributed by atoms with Crippen molar-refractivity contribution in [2.75, 3.05) is 39.5 Å². The second-order valence-electron chi connectivity index (χ2n) is 7.27. The zero-order valence-corrected chi connectivity index (χ0v) is 17.4. The van der Waals surface area contributed by atoms with Crippen LogP contribution in [0.4, 0.5) is 10.5 Å². The lowest BCUT2D eigenvalue weighted by molar-refractivity contribution is 0.0911. The maximum atomic E-state index is 12.4. The highest BCUT2D eigenvalue weighted by Gasteiger charge is 2.22. The minimum atomic E-state index is -0.697. The van der Waals surface area contributed by atoms with Gasteiger partial charge in [-0.15, -0.1) is 0 Å². The fourth-order valence-electron chi connectivity index (χ4n) is 3.21. The first-order valence-electron chi connectivity index (χ1n) is 9.57. The van der Waals surface area contributed by atoms with Crippen LogP contribution in [0.15, 0.2) is 48.5 Å². The number of urea groups is 1. The van der Waals surface area contributed by atoms with Crippen molar-refractivity contribution in [3.8, 4) is 0 Å². The molecule has 0 saturated heterocycles. The van der Waals surface area contributed by atoms with Gasteiger partial charge in [-0.25, -0.2) is 4.79 Å². The van der Waals surface area contributed by atoms with E-state index in [1.165, 1.54) is 0 Å². The summed E-state index contributed by atoms with van der Waals surface area (Å²) in [5.41, 5.74) is 2.58. The Morgan fingerprint density at radius 1 is 1.07 bits per heavy atom. The zero-order valence-electron chi connectivity index (χ0n) is 17.4. The van der Waals surface area contributed by atoms with Gasteiger partial charge in [-0.1, -0.05) is 36.4 Å². The average molecular weight is 399 g/mol. The maximum Gasteiger partial charge on any atom is 0.319 e. The molecule has 0 fully saturated rings. The summed E-state index contributed by atoms with van der Waals surface area (Å²) < 4.78 is 0. The third-order valence-corrected chi connectivity index (χ3v) is 4.77. The summed E-state index contributed by atoms with van der Waals surface area (Å²) in [6, 6.07) is 14.2. The Hall–Kier alpha value is -2.90. The molecule has 0 saturated carbocycles. The Morgan fingerprint density at radius 3 is 2.38 bits per heavy atom. The van der Waals surface area contributed by atoms with Crippen LogP contribution in [0.1, 0.15) is 27.6 Å². The molecule has 0 aliphatic carbocycles. The molecule has 0 heterocycles. The van der Waals surface area contributed by atoms with Crippen LogP contribution in [0, 0.1) is 12.8 Å². The Kier molecular flexibility index (Phi) is 8.18. The molecule has 7 nitrogen and oxygen atoms in total. The minimum Gasteiger partial charge on any atom is -0.388 e. The van der Waals surface area contributed by atoms with E-state index in [0.717, 1.165) is 5.56 Å². The molecular weight excluding hydrogens is 368 g/mol. The van der Waals surface area contributed by atoms with E-state index in [1.54, 1.807) is 32.2 Å². The number of rotatable bonds is 8. The molecule has 156 valence electrons. The molecule has 2 atom stereocenters. The van der Waals surface area contributed by atoms with Gasteiger partial charge in [0.2, 0.25) is 0 Å². The van der Waals surface area contributed by atoms with E-state index >= 15 is 0 Å². The minimum absolute atomic E-state index is 0.184. The normalized spacial score (nSPS) is 12.9. The van der Waals surface area contributed by atoms with Crippen LogP contribution < -0.4 is 16.0 Å². The first-order chi connectivity index (χ1) is 13.8. The largest absolute Gasteiger partial charge is 0.388 e. The summed E-state index contributed by atoms with van der Waals surface area (Å²) in [7, 11) is 5.42. The van der Waals surface area contributed by atoms with Crippen LogP contribution in [-0.2, 0) is 0 Å². The van der Waals surface area contributed by atoms with Crippen molar-refractivity contribution < 1.29 is 14.7 Å². The van der Waals surface area contributed by atoms with E-state index < -0.39 is 6.10 Å². The molecule has 2 rings (SSSR count). The van der Waals surface area contributed by atoms with Crippen molar-refractivity contribution >= 4 is 17.6 Å². The lowest BCUT2D eigenvalue weighted by atomic mass is 9.95. The van der Waals surface area contributed by atoms with E-state index in [-0.39, 0.29) is 17.9 Å². The number of hydrogen-bond acceptors (Lipinski definition) is 4. The Labute approximate surface area is 172 Å². The predicted molar refractivity (Wildman–Crippen MR) is 115 cm³/mol. The number of aliphatic hydroxyl groups excluding tert-OH is 1. The SMILES string of the molecule is CNC(=O)c1cccc(NC(=O)NC[C@H](CN(C)C)[C@@H](O)c2ccccc2)c1C.